The summed E-state index contributed by atoms with van der Waals surface area (Å²) in [5.41, 5.74) is 1.89. The van der Waals surface area contributed by atoms with E-state index in [2.05, 4.69) is 5.10 Å². The topological polar surface area (TPSA) is 79.7 Å². The fourth-order valence-electron chi connectivity index (χ4n) is 3.53. The molecule has 0 bridgehead atoms. The van der Waals surface area contributed by atoms with E-state index < -0.39 is 11.9 Å². The summed E-state index contributed by atoms with van der Waals surface area (Å²) in [5.74, 6) is -1.05. The van der Waals surface area contributed by atoms with Crippen LogP contribution in [-0.2, 0) is 16.1 Å². The average molecular weight is 511 g/mol. The molecule has 1 aromatic heterocycles. The molecule has 4 rings (SSSR count). The van der Waals surface area contributed by atoms with Gasteiger partial charge in [-0.15, -0.1) is 0 Å². The second kappa shape index (κ2) is 10.6. The molecule has 0 radical (unpaired) electrons. The Hall–Kier alpha value is -3.81. The molecular formula is C26H20Cl2N2O5. The Kier molecular flexibility index (Phi) is 7.39. The van der Waals surface area contributed by atoms with Gasteiger partial charge in [0.15, 0.2) is 5.69 Å². The van der Waals surface area contributed by atoms with E-state index in [0.29, 0.717) is 27.0 Å². The summed E-state index contributed by atoms with van der Waals surface area (Å²) in [7, 11) is 2.47. The van der Waals surface area contributed by atoms with Crippen molar-refractivity contribution in [3.63, 3.8) is 0 Å². The number of rotatable bonds is 7. The summed E-state index contributed by atoms with van der Waals surface area (Å²) < 4.78 is 17.4. The largest absolute Gasteiger partial charge is 0.488 e. The maximum Gasteiger partial charge on any atom is 0.357 e. The molecule has 0 aliphatic heterocycles. The predicted octanol–water partition coefficient (Wildman–Crippen LogP) is 6.00. The number of halogens is 2. The number of esters is 2. The van der Waals surface area contributed by atoms with Crippen molar-refractivity contribution in [1.82, 2.24) is 9.78 Å². The molecular weight excluding hydrogens is 491 g/mol. The highest BCUT2D eigenvalue weighted by Gasteiger charge is 2.32. The Morgan fingerprint density at radius 1 is 0.886 bits per heavy atom. The number of hydrogen-bond donors (Lipinski definition) is 0. The molecule has 0 fully saturated rings. The van der Waals surface area contributed by atoms with Crippen LogP contribution in [0.4, 0.5) is 0 Å². The maximum absolute atomic E-state index is 12.9. The van der Waals surface area contributed by atoms with Gasteiger partial charge in [-0.2, -0.15) is 5.10 Å². The number of hydrogen-bond acceptors (Lipinski definition) is 6. The van der Waals surface area contributed by atoms with Crippen LogP contribution in [0.5, 0.6) is 5.75 Å². The van der Waals surface area contributed by atoms with Crippen molar-refractivity contribution >= 4 is 35.1 Å². The number of nitrogens with zero attached hydrogens (tertiary/aromatic N) is 2. The van der Waals surface area contributed by atoms with Gasteiger partial charge in [-0.3, -0.25) is 0 Å². The van der Waals surface area contributed by atoms with Gasteiger partial charge in [0.25, 0.3) is 0 Å². The Morgan fingerprint density at radius 2 is 1.57 bits per heavy atom. The highest BCUT2D eigenvalue weighted by Crippen LogP contribution is 2.35. The SMILES string of the molecule is COC(=O)c1c(-c2ccccc2OCc2ccc(Cl)cc2Cl)nn(-c2ccccc2)c1C(=O)OC. The van der Waals surface area contributed by atoms with E-state index in [1.54, 1.807) is 66.7 Å². The molecule has 4 aromatic rings. The maximum atomic E-state index is 12.9. The second-order valence-corrected chi connectivity index (χ2v) is 8.17. The minimum Gasteiger partial charge on any atom is -0.488 e. The number of methoxy groups -OCH3 is 2. The zero-order valence-corrected chi connectivity index (χ0v) is 20.3. The van der Waals surface area contributed by atoms with E-state index in [-0.39, 0.29) is 23.6 Å². The van der Waals surface area contributed by atoms with Crippen molar-refractivity contribution in [2.24, 2.45) is 0 Å². The second-order valence-electron chi connectivity index (χ2n) is 7.32. The average Bonchev–Trinajstić information content (AvgIpc) is 3.28. The molecule has 0 unspecified atom stereocenters. The normalized spacial score (nSPS) is 10.6. The minimum absolute atomic E-state index is 0.0382. The monoisotopic (exact) mass is 510 g/mol. The highest BCUT2D eigenvalue weighted by molar-refractivity contribution is 6.35. The highest BCUT2D eigenvalue weighted by atomic mass is 35.5. The molecule has 1 heterocycles. The van der Waals surface area contributed by atoms with Crippen molar-refractivity contribution in [3.05, 3.63) is 99.7 Å². The van der Waals surface area contributed by atoms with E-state index in [1.165, 1.54) is 18.9 Å². The molecule has 0 aliphatic rings. The summed E-state index contributed by atoms with van der Waals surface area (Å²) in [5, 5.41) is 5.61. The molecule has 0 saturated carbocycles. The van der Waals surface area contributed by atoms with Crippen LogP contribution in [0, 0.1) is 0 Å². The fraction of sp³-hybridized carbons (Fsp3) is 0.115. The molecule has 0 saturated heterocycles. The van der Waals surface area contributed by atoms with Crippen LogP contribution in [0.25, 0.3) is 16.9 Å². The van der Waals surface area contributed by atoms with Gasteiger partial charge in [0.2, 0.25) is 0 Å². The Morgan fingerprint density at radius 3 is 2.26 bits per heavy atom. The molecule has 0 spiro atoms. The third-order valence-electron chi connectivity index (χ3n) is 5.19. The van der Waals surface area contributed by atoms with Gasteiger partial charge in [-0.05, 0) is 36.4 Å². The molecule has 0 N–H and O–H groups in total. The smallest absolute Gasteiger partial charge is 0.357 e. The summed E-state index contributed by atoms with van der Waals surface area (Å²) in [6.45, 7) is 0.143. The first-order valence-electron chi connectivity index (χ1n) is 10.5. The summed E-state index contributed by atoms with van der Waals surface area (Å²) >= 11 is 12.3. The Balaban J connectivity index is 1.86. The van der Waals surface area contributed by atoms with Crippen LogP contribution in [0.2, 0.25) is 10.0 Å². The van der Waals surface area contributed by atoms with Crippen LogP contribution in [0.15, 0.2) is 72.8 Å². The van der Waals surface area contributed by atoms with E-state index in [1.807, 2.05) is 6.07 Å². The lowest BCUT2D eigenvalue weighted by Crippen LogP contribution is -2.15. The molecule has 7 nitrogen and oxygen atoms in total. The lowest BCUT2D eigenvalue weighted by Gasteiger charge is -2.12. The summed E-state index contributed by atoms with van der Waals surface area (Å²) in [6.07, 6.45) is 0. The van der Waals surface area contributed by atoms with Crippen LogP contribution >= 0.6 is 23.2 Å². The lowest BCUT2D eigenvalue weighted by atomic mass is 10.0. The van der Waals surface area contributed by atoms with Gasteiger partial charge in [0.1, 0.15) is 23.6 Å². The van der Waals surface area contributed by atoms with Crippen LogP contribution < -0.4 is 4.74 Å². The number of ether oxygens (including phenoxy) is 3. The lowest BCUT2D eigenvalue weighted by molar-refractivity contribution is 0.0549. The standard InChI is InChI=1S/C26H20Cl2N2O5/c1-33-25(31)22-23(29-30(24(22)26(32)34-2)18-8-4-3-5-9-18)19-10-6-7-11-21(19)35-15-16-12-13-17(27)14-20(16)28/h3-14H,15H2,1-2H3. The Bertz CT molecular complexity index is 1390. The van der Waals surface area contributed by atoms with Crippen molar-refractivity contribution < 1.29 is 23.8 Å². The van der Waals surface area contributed by atoms with E-state index in [4.69, 9.17) is 37.4 Å². The van der Waals surface area contributed by atoms with Gasteiger partial charge >= 0.3 is 11.9 Å². The van der Waals surface area contributed by atoms with Crippen molar-refractivity contribution in [3.8, 4) is 22.7 Å². The van der Waals surface area contributed by atoms with Gasteiger partial charge in [0.05, 0.1) is 19.9 Å². The molecule has 0 amide bonds. The number of para-hydroxylation sites is 2. The third-order valence-corrected chi connectivity index (χ3v) is 5.78. The zero-order valence-electron chi connectivity index (χ0n) is 18.8. The number of benzene rings is 3. The van der Waals surface area contributed by atoms with Crippen LogP contribution in [-0.4, -0.2) is 35.9 Å². The molecule has 35 heavy (non-hydrogen) atoms. The van der Waals surface area contributed by atoms with Gasteiger partial charge in [0, 0.05) is 21.2 Å². The van der Waals surface area contributed by atoms with Crippen molar-refractivity contribution in [1.29, 1.82) is 0 Å². The molecule has 0 atom stereocenters. The quantitative estimate of drug-likeness (QED) is 0.283. The molecule has 0 aliphatic carbocycles. The minimum atomic E-state index is -0.738. The first-order chi connectivity index (χ1) is 16.9. The summed E-state index contributed by atoms with van der Waals surface area (Å²) in [6, 6.07) is 21.1. The van der Waals surface area contributed by atoms with Gasteiger partial charge < -0.3 is 14.2 Å². The van der Waals surface area contributed by atoms with Crippen molar-refractivity contribution in [2.45, 2.75) is 6.61 Å². The number of carbonyl (C=O) groups excluding carboxylic acids is 2. The molecule has 178 valence electrons. The zero-order chi connectivity index (χ0) is 24.9. The van der Waals surface area contributed by atoms with Gasteiger partial charge in [-0.1, -0.05) is 59.6 Å². The summed E-state index contributed by atoms with van der Waals surface area (Å²) in [4.78, 5) is 25.7. The number of carbonyl (C=O) groups is 2. The van der Waals surface area contributed by atoms with Gasteiger partial charge in [-0.25, -0.2) is 14.3 Å². The molecule has 3 aromatic carbocycles. The molecule has 9 heteroatoms. The first-order valence-corrected chi connectivity index (χ1v) is 11.2. The predicted molar refractivity (Wildman–Crippen MR) is 132 cm³/mol. The van der Waals surface area contributed by atoms with E-state index in [0.717, 1.165) is 5.56 Å². The van der Waals surface area contributed by atoms with Crippen molar-refractivity contribution in [2.75, 3.05) is 14.2 Å². The Labute approximate surface area is 211 Å². The van der Waals surface area contributed by atoms with Crippen LogP contribution in [0.3, 0.4) is 0 Å². The number of aromatic nitrogens is 2. The van der Waals surface area contributed by atoms with E-state index >= 15 is 0 Å². The van der Waals surface area contributed by atoms with Crippen LogP contribution in [0.1, 0.15) is 26.4 Å². The third kappa shape index (κ3) is 5.01. The van der Waals surface area contributed by atoms with E-state index in [9.17, 15) is 9.59 Å². The first kappa shape index (κ1) is 24.3. The fourth-order valence-corrected chi connectivity index (χ4v) is 3.99.